The van der Waals surface area contributed by atoms with E-state index < -0.39 is 10.2 Å². The van der Waals surface area contributed by atoms with Crippen LogP contribution in [-0.4, -0.2) is 15.0 Å². The largest absolute Gasteiger partial charge is 0.604 e. The monoisotopic (exact) mass is 112 g/mol. The molecule has 0 aromatic carbocycles. The molecule has 2 nitrogen and oxygen atoms in total. The normalized spacial score (nSPS) is 14.8. The summed E-state index contributed by atoms with van der Waals surface area (Å²) in [4.78, 5) is 0. The van der Waals surface area contributed by atoms with Crippen molar-refractivity contribution in [1.29, 1.82) is 0 Å². The minimum Gasteiger partial charge on any atom is -0.604 e. The lowest BCUT2D eigenvalue weighted by molar-refractivity contribution is 0.611. The van der Waals surface area contributed by atoms with Gasteiger partial charge >= 0.3 is 0 Å². The summed E-state index contributed by atoms with van der Waals surface area (Å²) in [5.74, 6) is 0. The first-order valence-electron chi connectivity index (χ1n) is 0.940. The highest BCUT2D eigenvalue weighted by Gasteiger charge is 1.80. The second-order valence-corrected chi connectivity index (χ2v) is 3.48. The topological polar surface area (TPSA) is 40.1 Å². The fourth-order valence-corrected chi connectivity index (χ4v) is 0. The molecule has 1 unspecified atom stereocenters. The molecular formula is CH4O2S2. The molecule has 0 bridgehead atoms. The quantitative estimate of drug-likeness (QED) is 0.275. The second-order valence-electron chi connectivity index (χ2n) is 0.498. The summed E-state index contributed by atoms with van der Waals surface area (Å²) in [7, 11) is -1.44. The number of hydrogen-bond acceptors (Lipinski definition) is 2. The van der Waals surface area contributed by atoms with Gasteiger partial charge in [-0.1, -0.05) is 0 Å². The minimum absolute atomic E-state index is 0.281. The van der Waals surface area contributed by atoms with Crippen molar-refractivity contribution in [1.82, 2.24) is 0 Å². The Balaban J connectivity index is 2.83. The van der Waals surface area contributed by atoms with E-state index in [0.29, 0.717) is 0 Å². The smallest absolute Gasteiger partial charge is 0.211 e. The Morgan fingerprint density at radius 3 is 2.20 bits per heavy atom. The molecule has 0 amide bonds. The predicted molar refractivity (Wildman–Crippen MR) is 23.6 cm³/mol. The molecule has 5 heavy (non-hydrogen) atoms. The van der Waals surface area contributed by atoms with Gasteiger partial charge in [0.1, 0.15) is 6.26 Å². The van der Waals surface area contributed by atoms with Gasteiger partial charge in [0.2, 0.25) is 10.7 Å². The van der Waals surface area contributed by atoms with E-state index in [9.17, 15) is 8.76 Å². The molecule has 0 rings (SSSR count). The summed E-state index contributed by atoms with van der Waals surface area (Å²) < 4.78 is 18.9. The van der Waals surface area contributed by atoms with E-state index >= 15 is 0 Å². The minimum atomic E-state index is -1.16. The van der Waals surface area contributed by atoms with Crippen LogP contribution in [0.2, 0.25) is 0 Å². The van der Waals surface area contributed by atoms with Crippen molar-refractivity contribution in [3.05, 3.63) is 0 Å². The molecule has 0 spiro atoms. The molecule has 0 radical (unpaired) electrons. The number of hydrogen-bond donors (Lipinski definition) is 1. The van der Waals surface area contributed by atoms with E-state index in [-0.39, 0.29) is 10.7 Å². The molecule has 0 aliphatic carbocycles. The summed E-state index contributed by atoms with van der Waals surface area (Å²) in [6.07, 6.45) is 1.37. The Morgan fingerprint density at radius 1 is 2.00 bits per heavy atom. The van der Waals surface area contributed by atoms with Gasteiger partial charge < -0.3 is 4.55 Å². The first-order chi connectivity index (χ1) is 2.27. The van der Waals surface area contributed by atoms with Gasteiger partial charge in [0.05, 0.1) is 0 Å². The molecule has 0 saturated heterocycles. The van der Waals surface area contributed by atoms with Gasteiger partial charge in [-0.05, 0) is 0 Å². The molecule has 0 fully saturated rings. The molecule has 0 aromatic heterocycles. The highest BCUT2D eigenvalue weighted by atomic mass is 33.1. The Hall–Kier alpha value is 0.460. The standard InChI is InChI=1S/CH4O2S2/c1-5(3)4-2/h4H,1H3. The second kappa shape index (κ2) is 2.68. The van der Waals surface area contributed by atoms with Gasteiger partial charge in [0, 0.05) is 10.2 Å². The molecule has 0 heterocycles. The average Bonchev–Trinajstić information content (AvgIpc) is 1.38. The van der Waals surface area contributed by atoms with Crippen molar-refractivity contribution in [3.8, 4) is 0 Å². The Kier molecular flexibility index (Phi) is 2.93. The summed E-state index contributed by atoms with van der Waals surface area (Å²) in [6.45, 7) is 0. The maximum absolute atomic E-state index is 9.60. The lowest BCUT2D eigenvalue weighted by atomic mass is 12.0. The Labute approximate surface area is 36.6 Å². The average molecular weight is 112 g/mol. The highest BCUT2D eigenvalue weighted by molar-refractivity contribution is 8.56. The van der Waals surface area contributed by atoms with Crippen LogP contribution in [0.5, 0.6) is 0 Å². The SMILES string of the molecule is C[S+]([O-])[SH]=O. The maximum Gasteiger partial charge on any atom is 0.211 e. The molecule has 1 atom stereocenters. The third-order valence-electron chi connectivity index (χ3n) is 0.105. The van der Waals surface area contributed by atoms with Crippen LogP contribution < -0.4 is 0 Å². The van der Waals surface area contributed by atoms with E-state index in [1.54, 1.807) is 0 Å². The first kappa shape index (κ1) is 5.46. The van der Waals surface area contributed by atoms with Crippen LogP contribution in [0.4, 0.5) is 0 Å². The summed E-state index contributed by atoms with van der Waals surface area (Å²) >= 11 is 0. The molecule has 0 N–H and O–H groups in total. The van der Waals surface area contributed by atoms with Crippen molar-refractivity contribution < 1.29 is 8.76 Å². The third-order valence-corrected chi connectivity index (χ3v) is 0.945. The zero-order valence-corrected chi connectivity index (χ0v) is 4.38. The lowest BCUT2D eigenvalue weighted by Gasteiger charge is -1.84. The van der Waals surface area contributed by atoms with Gasteiger partial charge in [-0.15, -0.1) is 0 Å². The van der Waals surface area contributed by atoms with Gasteiger partial charge in [-0.25, -0.2) is 4.21 Å². The van der Waals surface area contributed by atoms with E-state index in [1.165, 1.54) is 6.26 Å². The van der Waals surface area contributed by atoms with Crippen LogP contribution in [0.3, 0.4) is 0 Å². The molecule has 0 aromatic rings. The van der Waals surface area contributed by atoms with Crippen LogP contribution >= 0.6 is 0 Å². The summed E-state index contributed by atoms with van der Waals surface area (Å²) in [5.41, 5.74) is 0. The van der Waals surface area contributed by atoms with Crippen molar-refractivity contribution in [3.63, 3.8) is 0 Å². The zero-order valence-electron chi connectivity index (χ0n) is 2.67. The fourth-order valence-electron chi connectivity index (χ4n) is 0. The van der Waals surface area contributed by atoms with Crippen molar-refractivity contribution in [2.75, 3.05) is 6.26 Å². The molecule has 4 heteroatoms. The predicted octanol–water partition coefficient (Wildman–Crippen LogP) is -0.775. The third kappa shape index (κ3) is 4.46. The van der Waals surface area contributed by atoms with Crippen LogP contribution in [0, 0.1) is 0 Å². The van der Waals surface area contributed by atoms with Gasteiger partial charge in [-0.3, -0.25) is 0 Å². The van der Waals surface area contributed by atoms with E-state index in [0.717, 1.165) is 0 Å². The van der Waals surface area contributed by atoms with Crippen molar-refractivity contribution in [2.24, 2.45) is 0 Å². The van der Waals surface area contributed by atoms with Crippen LogP contribution in [-0.2, 0) is 20.9 Å². The number of thiol groups is 1. The van der Waals surface area contributed by atoms with Crippen molar-refractivity contribution in [2.45, 2.75) is 0 Å². The number of rotatable bonds is 1. The summed E-state index contributed by atoms with van der Waals surface area (Å²) in [6, 6.07) is 0. The van der Waals surface area contributed by atoms with Crippen LogP contribution in [0.15, 0.2) is 0 Å². The molecular weight excluding hydrogens is 108 g/mol. The van der Waals surface area contributed by atoms with E-state index in [1.807, 2.05) is 0 Å². The van der Waals surface area contributed by atoms with E-state index in [4.69, 9.17) is 0 Å². The van der Waals surface area contributed by atoms with Crippen molar-refractivity contribution >= 4 is 20.9 Å². The Morgan fingerprint density at radius 2 is 2.20 bits per heavy atom. The van der Waals surface area contributed by atoms with Gasteiger partial charge in [0.25, 0.3) is 0 Å². The molecule has 0 aliphatic rings. The molecule has 0 saturated carbocycles. The maximum atomic E-state index is 9.60. The van der Waals surface area contributed by atoms with E-state index in [2.05, 4.69) is 0 Å². The van der Waals surface area contributed by atoms with Gasteiger partial charge in [-0.2, -0.15) is 0 Å². The van der Waals surface area contributed by atoms with Crippen LogP contribution in [0.1, 0.15) is 0 Å². The van der Waals surface area contributed by atoms with Crippen LogP contribution in [0.25, 0.3) is 0 Å². The molecule has 32 valence electrons. The zero-order chi connectivity index (χ0) is 4.28. The molecule has 0 aliphatic heterocycles. The highest BCUT2D eigenvalue weighted by Crippen LogP contribution is 1.70. The Bertz CT molecular complexity index is 34.6. The first-order valence-corrected chi connectivity index (χ1v) is 3.92. The lowest BCUT2D eigenvalue weighted by Crippen LogP contribution is -1.88. The summed E-state index contributed by atoms with van der Waals surface area (Å²) in [5, 5.41) is 0. The van der Waals surface area contributed by atoms with Gasteiger partial charge in [0.15, 0.2) is 0 Å². The fraction of sp³-hybridized carbons (Fsp3) is 1.00.